The van der Waals surface area contributed by atoms with Crippen molar-refractivity contribution in [1.29, 1.82) is 0 Å². The molecule has 0 aliphatic carbocycles. The molecular weight excluding hydrogens is 359 g/mol. The number of rotatable bonds is 4. The van der Waals surface area contributed by atoms with Crippen LogP contribution in [0, 0.1) is 5.82 Å². The van der Waals surface area contributed by atoms with Gasteiger partial charge in [0.1, 0.15) is 11.9 Å². The zero-order valence-corrected chi connectivity index (χ0v) is 15.9. The van der Waals surface area contributed by atoms with Crippen LogP contribution >= 0.6 is 0 Å². The van der Waals surface area contributed by atoms with E-state index in [4.69, 9.17) is 4.74 Å². The standard InChI is InChI=1S/C21H21FN4O2/c1-21(2,3)28-12-16-19(27)25-20-24-17(13-4-6-15(22)7-5-13)18(26(16)20)14-8-10-23-11-9-14/h4-11,16H,12H2,1-3H3,(H,24,25,27). The van der Waals surface area contributed by atoms with E-state index in [1.807, 2.05) is 37.5 Å². The first kappa shape index (κ1) is 18.3. The van der Waals surface area contributed by atoms with Gasteiger partial charge in [0.25, 0.3) is 5.91 Å². The number of anilines is 1. The van der Waals surface area contributed by atoms with Gasteiger partial charge in [0.2, 0.25) is 5.95 Å². The van der Waals surface area contributed by atoms with Gasteiger partial charge in [-0.1, -0.05) is 0 Å². The van der Waals surface area contributed by atoms with Gasteiger partial charge in [-0.2, -0.15) is 0 Å². The van der Waals surface area contributed by atoms with Crippen LogP contribution in [0.4, 0.5) is 10.3 Å². The van der Waals surface area contributed by atoms with E-state index in [0.717, 1.165) is 16.8 Å². The minimum atomic E-state index is -0.543. The number of pyridine rings is 1. The summed E-state index contributed by atoms with van der Waals surface area (Å²) in [4.78, 5) is 21.3. The van der Waals surface area contributed by atoms with Gasteiger partial charge in [-0.05, 0) is 57.2 Å². The molecule has 0 spiro atoms. The maximum Gasteiger partial charge on any atom is 0.252 e. The van der Waals surface area contributed by atoms with Crippen molar-refractivity contribution in [3.8, 4) is 22.5 Å². The minimum Gasteiger partial charge on any atom is -0.373 e. The molecular formula is C21H21FN4O2. The molecule has 144 valence electrons. The van der Waals surface area contributed by atoms with Crippen molar-refractivity contribution >= 4 is 11.9 Å². The summed E-state index contributed by atoms with van der Waals surface area (Å²) in [6.07, 6.45) is 3.38. The fourth-order valence-corrected chi connectivity index (χ4v) is 3.21. The monoisotopic (exact) mass is 380 g/mol. The number of carbonyl (C=O) groups excluding carboxylic acids is 1. The fraction of sp³-hybridized carbons (Fsp3) is 0.286. The van der Waals surface area contributed by atoms with Crippen LogP contribution in [0.5, 0.6) is 0 Å². The summed E-state index contributed by atoms with van der Waals surface area (Å²) in [7, 11) is 0. The molecule has 7 heteroatoms. The van der Waals surface area contributed by atoms with Gasteiger partial charge in [0.15, 0.2) is 0 Å². The number of aromatic nitrogens is 3. The Morgan fingerprint density at radius 1 is 1.11 bits per heavy atom. The molecule has 0 saturated carbocycles. The van der Waals surface area contributed by atoms with Crippen LogP contribution in [0.3, 0.4) is 0 Å². The second kappa shape index (κ2) is 6.83. The van der Waals surface area contributed by atoms with E-state index in [2.05, 4.69) is 15.3 Å². The molecule has 0 bridgehead atoms. The van der Waals surface area contributed by atoms with E-state index in [1.54, 1.807) is 24.5 Å². The molecule has 3 heterocycles. The van der Waals surface area contributed by atoms with Gasteiger partial charge in [0, 0.05) is 23.5 Å². The maximum atomic E-state index is 13.4. The first-order valence-corrected chi connectivity index (χ1v) is 9.07. The average Bonchev–Trinajstić information content (AvgIpc) is 3.15. The largest absolute Gasteiger partial charge is 0.373 e. The second-order valence-electron chi connectivity index (χ2n) is 7.67. The highest BCUT2D eigenvalue weighted by Crippen LogP contribution is 2.40. The SMILES string of the molecule is CC(C)(C)OCC1C(=O)Nc2nc(-c3ccc(F)cc3)c(-c3ccncc3)n21. The number of benzene rings is 1. The lowest BCUT2D eigenvalue weighted by atomic mass is 10.0. The van der Waals surface area contributed by atoms with E-state index >= 15 is 0 Å². The van der Waals surface area contributed by atoms with Crippen LogP contribution in [0.1, 0.15) is 26.8 Å². The number of imidazole rings is 1. The zero-order valence-electron chi connectivity index (χ0n) is 15.9. The molecule has 2 aromatic heterocycles. The summed E-state index contributed by atoms with van der Waals surface area (Å²) in [5.74, 6) is -0.0166. The van der Waals surface area contributed by atoms with Crippen molar-refractivity contribution in [3.05, 3.63) is 54.6 Å². The Morgan fingerprint density at radius 2 is 1.79 bits per heavy atom. The summed E-state index contributed by atoms with van der Waals surface area (Å²) >= 11 is 0. The van der Waals surface area contributed by atoms with Crippen molar-refractivity contribution in [3.63, 3.8) is 0 Å². The highest BCUT2D eigenvalue weighted by Gasteiger charge is 2.37. The van der Waals surface area contributed by atoms with E-state index in [0.29, 0.717) is 11.6 Å². The summed E-state index contributed by atoms with van der Waals surface area (Å²) < 4.78 is 21.2. The topological polar surface area (TPSA) is 69.0 Å². The Bertz CT molecular complexity index is 1010. The van der Waals surface area contributed by atoms with Crippen molar-refractivity contribution in [2.75, 3.05) is 11.9 Å². The van der Waals surface area contributed by atoms with Crippen LogP contribution in [0.15, 0.2) is 48.8 Å². The van der Waals surface area contributed by atoms with Crippen LogP contribution < -0.4 is 5.32 Å². The number of halogens is 1. The van der Waals surface area contributed by atoms with E-state index < -0.39 is 6.04 Å². The van der Waals surface area contributed by atoms with E-state index in [-0.39, 0.29) is 23.9 Å². The lowest BCUT2D eigenvalue weighted by Crippen LogP contribution is -2.28. The molecule has 0 radical (unpaired) electrons. The van der Waals surface area contributed by atoms with Crippen molar-refractivity contribution in [1.82, 2.24) is 14.5 Å². The van der Waals surface area contributed by atoms with E-state index in [1.165, 1.54) is 12.1 Å². The lowest BCUT2D eigenvalue weighted by molar-refractivity contribution is -0.121. The third-order valence-corrected chi connectivity index (χ3v) is 4.51. The number of hydrogen-bond acceptors (Lipinski definition) is 4. The molecule has 1 atom stereocenters. The van der Waals surface area contributed by atoms with Crippen LogP contribution in [0.25, 0.3) is 22.5 Å². The predicted molar refractivity (Wildman–Crippen MR) is 104 cm³/mol. The molecule has 3 aromatic rings. The van der Waals surface area contributed by atoms with Gasteiger partial charge in [-0.15, -0.1) is 0 Å². The Hall–Kier alpha value is -3.06. The highest BCUT2D eigenvalue weighted by molar-refractivity contribution is 5.99. The number of carbonyl (C=O) groups is 1. The van der Waals surface area contributed by atoms with Crippen LogP contribution in [-0.4, -0.2) is 32.7 Å². The van der Waals surface area contributed by atoms with Crippen molar-refractivity contribution in [2.45, 2.75) is 32.4 Å². The third-order valence-electron chi connectivity index (χ3n) is 4.51. The molecule has 4 rings (SSSR count). The molecule has 1 aromatic carbocycles. The van der Waals surface area contributed by atoms with Crippen molar-refractivity contribution < 1.29 is 13.9 Å². The zero-order chi connectivity index (χ0) is 19.9. The van der Waals surface area contributed by atoms with Crippen molar-refractivity contribution in [2.24, 2.45) is 0 Å². The van der Waals surface area contributed by atoms with Crippen LogP contribution in [-0.2, 0) is 9.53 Å². The maximum absolute atomic E-state index is 13.4. The number of hydrogen-bond donors (Lipinski definition) is 1. The third kappa shape index (κ3) is 3.41. The molecule has 0 saturated heterocycles. The van der Waals surface area contributed by atoms with Gasteiger partial charge < -0.3 is 4.74 Å². The molecule has 1 aliphatic heterocycles. The van der Waals surface area contributed by atoms with Crippen LogP contribution in [0.2, 0.25) is 0 Å². The molecule has 1 aliphatic rings. The predicted octanol–water partition coefficient (Wildman–Crippen LogP) is 4.06. The Balaban J connectivity index is 1.86. The molecule has 1 unspecified atom stereocenters. The normalized spacial score (nSPS) is 16.1. The summed E-state index contributed by atoms with van der Waals surface area (Å²) in [6, 6.07) is 9.34. The van der Waals surface area contributed by atoms with E-state index in [9.17, 15) is 9.18 Å². The molecule has 1 amide bonds. The van der Waals surface area contributed by atoms with Gasteiger partial charge in [-0.25, -0.2) is 9.37 Å². The molecule has 28 heavy (non-hydrogen) atoms. The number of nitrogens with one attached hydrogen (secondary N) is 1. The summed E-state index contributed by atoms with van der Waals surface area (Å²) in [5, 5.41) is 2.84. The van der Waals surface area contributed by atoms with Gasteiger partial charge >= 0.3 is 0 Å². The fourth-order valence-electron chi connectivity index (χ4n) is 3.21. The lowest BCUT2D eigenvalue weighted by Gasteiger charge is -2.23. The second-order valence-corrected chi connectivity index (χ2v) is 7.67. The molecule has 6 nitrogen and oxygen atoms in total. The highest BCUT2D eigenvalue weighted by atomic mass is 19.1. The first-order chi connectivity index (χ1) is 13.3. The van der Waals surface area contributed by atoms with Gasteiger partial charge in [-0.3, -0.25) is 19.7 Å². The number of ether oxygens (including phenoxy) is 1. The molecule has 0 fully saturated rings. The quantitative estimate of drug-likeness (QED) is 0.741. The summed E-state index contributed by atoms with van der Waals surface area (Å²) in [5.41, 5.74) is 2.69. The molecule has 1 N–H and O–H groups in total. The minimum absolute atomic E-state index is 0.160. The smallest absolute Gasteiger partial charge is 0.252 e. The number of nitrogens with zero attached hydrogens (tertiary/aromatic N) is 3. The average molecular weight is 380 g/mol. The van der Waals surface area contributed by atoms with Gasteiger partial charge in [0.05, 0.1) is 23.6 Å². The number of fused-ring (bicyclic) bond motifs is 1. The summed E-state index contributed by atoms with van der Waals surface area (Å²) in [6.45, 7) is 6.06. The Kier molecular flexibility index (Phi) is 4.47. The Labute approximate surface area is 162 Å². The number of amides is 1. The Morgan fingerprint density at radius 3 is 2.43 bits per heavy atom. The first-order valence-electron chi connectivity index (χ1n) is 9.07.